The molecule has 2 rings (SSSR count). The lowest BCUT2D eigenvalue weighted by Gasteiger charge is -2.10. The van der Waals surface area contributed by atoms with E-state index in [1.165, 1.54) is 0 Å². The number of aliphatic hydroxyl groups excluding tert-OH is 1. The summed E-state index contributed by atoms with van der Waals surface area (Å²) in [7, 11) is 1.86. The summed E-state index contributed by atoms with van der Waals surface area (Å²) in [5, 5.41) is 14.8. The molecule has 1 unspecified atom stereocenters. The van der Waals surface area contributed by atoms with E-state index < -0.39 is 6.10 Å². The van der Waals surface area contributed by atoms with Gasteiger partial charge in [0.25, 0.3) is 0 Å². The molecule has 1 aromatic heterocycles. The smallest absolute Gasteiger partial charge is 0.0831 e. The van der Waals surface area contributed by atoms with Crippen LogP contribution in [0.1, 0.15) is 17.2 Å². The highest BCUT2D eigenvalue weighted by Gasteiger charge is 2.11. The second-order valence-corrected chi connectivity index (χ2v) is 5.18. The number of hydrogen-bond donors (Lipinski definition) is 1. The maximum atomic E-state index is 10.1. The molecule has 0 aliphatic carbocycles. The Morgan fingerprint density at radius 1 is 1.53 bits per heavy atom. The van der Waals surface area contributed by atoms with Crippen LogP contribution in [0.5, 0.6) is 0 Å². The van der Waals surface area contributed by atoms with Crippen molar-refractivity contribution in [3.8, 4) is 0 Å². The second-order valence-electron chi connectivity index (χ2n) is 3.92. The summed E-state index contributed by atoms with van der Waals surface area (Å²) in [6.45, 7) is 0. The molecule has 0 amide bonds. The van der Waals surface area contributed by atoms with E-state index in [-0.39, 0.29) is 0 Å². The van der Waals surface area contributed by atoms with E-state index in [0.717, 1.165) is 15.6 Å². The predicted molar refractivity (Wildman–Crippen MR) is 71.0 cm³/mol. The first kappa shape index (κ1) is 12.6. The van der Waals surface area contributed by atoms with E-state index in [0.29, 0.717) is 11.4 Å². The molecule has 0 saturated heterocycles. The molecule has 1 aromatic carbocycles. The third-order valence-corrected chi connectivity index (χ3v) is 3.73. The zero-order valence-corrected chi connectivity index (χ0v) is 11.6. The van der Waals surface area contributed by atoms with Crippen molar-refractivity contribution in [3.05, 3.63) is 51.2 Å². The lowest BCUT2D eigenvalue weighted by Crippen LogP contribution is -2.01. The van der Waals surface area contributed by atoms with Gasteiger partial charge in [0.2, 0.25) is 0 Å². The standard InChI is InChI=1S/C12H12BrClN2O/c1-16-7-8(6-15-16)4-12(17)9-2-3-11(14)10(13)5-9/h2-3,5-7,12,17H,4H2,1H3. The average molecular weight is 316 g/mol. The summed E-state index contributed by atoms with van der Waals surface area (Å²) in [6.07, 6.45) is 3.65. The normalized spacial score (nSPS) is 12.7. The van der Waals surface area contributed by atoms with Gasteiger partial charge in [-0.15, -0.1) is 0 Å². The van der Waals surface area contributed by atoms with E-state index in [4.69, 9.17) is 11.6 Å². The van der Waals surface area contributed by atoms with Crippen LogP contribution in [-0.4, -0.2) is 14.9 Å². The minimum Gasteiger partial charge on any atom is -0.388 e. The number of aliphatic hydroxyl groups is 1. The Bertz CT molecular complexity index is 527. The molecule has 0 aliphatic rings. The van der Waals surface area contributed by atoms with Crippen LogP contribution >= 0.6 is 27.5 Å². The first-order valence-electron chi connectivity index (χ1n) is 5.17. The molecule has 1 N–H and O–H groups in total. The molecule has 1 atom stereocenters. The van der Waals surface area contributed by atoms with Crippen molar-refractivity contribution in [2.24, 2.45) is 7.05 Å². The zero-order chi connectivity index (χ0) is 12.4. The summed E-state index contributed by atoms with van der Waals surface area (Å²) < 4.78 is 2.52. The monoisotopic (exact) mass is 314 g/mol. The summed E-state index contributed by atoms with van der Waals surface area (Å²) in [6, 6.07) is 5.44. The zero-order valence-electron chi connectivity index (χ0n) is 9.27. The van der Waals surface area contributed by atoms with Gasteiger partial charge in [-0.2, -0.15) is 5.10 Å². The summed E-state index contributed by atoms with van der Waals surface area (Å²) >= 11 is 9.25. The van der Waals surface area contributed by atoms with Crippen molar-refractivity contribution in [3.63, 3.8) is 0 Å². The molecule has 1 heterocycles. The van der Waals surface area contributed by atoms with Gasteiger partial charge in [-0.1, -0.05) is 17.7 Å². The minimum absolute atomic E-state index is 0.544. The topological polar surface area (TPSA) is 38.0 Å². The fraction of sp³-hybridized carbons (Fsp3) is 0.250. The van der Waals surface area contributed by atoms with Crippen LogP contribution in [0.3, 0.4) is 0 Å². The van der Waals surface area contributed by atoms with Gasteiger partial charge in [0, 0.05) is 24.1 Å². The Hall–Kier alpha value is -0.840. The summed E-state index contributed by atoms with van der Waals surface area (Å²) in [4.78, 5) is 0. The van der Waals surface area contributed by atoms with Crippen LogP contribution in [0.15, 0.2) is 35.1 Å². The molecular weight excluding hydrogens is 304 g/mol. The first-order valence-corrected chi connectivity index (χ1v) is 6.34. The first-order chi connectivity index (χ1) is 8.06. The Balaban J connectivity index is 2.14. The summed E-state index contributed by atoms with van der Waals surface area (Å²) in [5.41, 5.74) is 1.84. The molecule has 0 spiro atoms. The molecule has 0 aliphatic heterocycles. The fourth-order valence-corrected chi connectivity index (χ4v) is 2.15. The molecule has 2 aromatic rings. The van der Waals surface area contributed by atoms with Gasteiger partial charge < -0.3 is 5.11 Å². The highest BCUT2D eigenvalue weighted by molar-refractivity contribution is 9.10. The maximum Gasteiger partial charge on any atom is 0.0831 e. The number of aromatic nitrogens is 2. The van der Waals surface area contributed by atoms with Gasteiger partial charge in [0.15, 0.2) is 0 Å². The van der Waals surface area contributed by atoms with Crippen LogP contribution in [-0.2, 0) is 13.5 Å². The van der Waals surface area contributed by atoms with Crippen molar-refractivity contribution in [1.82, 2.24) is 9.78 Å². The molecule has 0 saturated carbocycles. The van der Waals surface area contributed by atoms with Crippen LogP contribution in [0.2, 0.25) is 5.02 Å². The van der Waals surface area contributed by atoms with Crippen LogP contribution in [0.4, 0.5) is 0 Å². The Kier molecular flexibility index (Phi) is 3.86. The molecular formula is C12H12BrClN2O. The van der Waals surface area contributed by atoms with E-state index in [2.05, 4.69) is 21.0 Å². The quantitative estimate of drug-likeness (QED) is 0.945. The van der Waals surface area contributed by atoms with Gasteiger partial charge in [-0.05, 0) is 39.2 Å². The van der Waals surface area contributed by atoms with Gasteiger partial charge in [0.1, 0.15) is 0 Å². The van der Waals surface area contributed by atoms with Gasteiger partial charge >= 0.3 is 0 Å². The molecule has 5 heteroatoms. The largest absolute Gasteiger partial charge is 0.388 e. The molecule has 90 valence electrons. The van der Waals surface area contributed by atoms with E-state index in [9.17, 15) is 5.11 Å². The Morgan fingerprint density at radius 3 is 2.88 bits per heavy atom. The minimum atomic E-state index is -0.548. The summed E-state index contributed by atoms with van der Waals surface area (Å²) in [5.74, 6) is 0. The number of rotatable bonds is 3. The van der Waals surface area contributed by atoms with Crippen molar-refractivity contribution >= 4 is 27.5 Å². The Morgan fingerprint density at radius 2 is 2.29 bits per heavy atom. The highest BCUT2D eigenvalue weighted by atomic mass is 79.9. The molecule has 0 radical (unpaired) electrons. The molecule has 0 bridgehead atoms. The molecule has 3 nitrogen and oxygen atoms in total. The molecule has 0 fully saturated rings. The van der Waals surface area contributed by atoms with E-state index in [1.807, 2.05) is 25.4 Å². The van der Waals surface area contributed by atoms with Crippen LogP contribution < -0.4 is 0 Å². The number of aryl methyl sites for hydroxylation is 1. The van der Waals surface area contributed by atoms with Crippen LogP contribution in [0, 0.1) is 0 Å². The highest BCUT2D eigenvalue weighted by Crippen LogP contribution is 2.27. The fourth-order valence-electron chi connectivity index (χ4n) is 1.64. The number of benzene rings is 1. The SMILES string of the molecule is Cn1cc(CC(O)c2ccc(Cl)c(Br)c2)cn1. The second kappa shape index (κ2) is 5.21. The van der Waals surface area contributed by atoms with Crippen molar-refractivity contribution < 1.29 is 5.11 Å². The lowest BCUT2D eigenvalue weighted by molar-refractivity contribution is 0.178. The van der Waals surface area contributed by atoms with Gasteiger partial charge in [-0.25, -0.2) is 0 Å². The number of nitrogens with zero attached hydrogens (tertiary/aromatic N) is 2. The van der Waals surface area contributed by atoms with Crippen LogP contribution in [0.25, 0.3) is 0 Å². The van der Waals surface area contributed by atoms with Crippen molar-refractivity contribution in [2.75, 3.05) is 0 Å². The predicted octanol–water partition coefficient (Wildman–Crippen LogP) is 3.11. The van der Waals surface area contributed by atoms with Gasteiger partial charge in [0.05, 0.1) is 17.3 Å². The number of hydrogen-bond acceptors (Lipinski definition) is 2. The number of halogens is 2. The van der Waals surface area contributed by atoms with E-state index >= 15 is 0 Å². The van der Waals surface area contributed by atoms with Crippen molar-refractivity contribution in [1.29, 1.82) is 0 Å². The Labute approximate surface area is 113 Å². The van der Waals surface area contributed by atoms with E-state index in [1.54, 1.807) is 16.9 Å². The lowest BCUT2D eigenvalue weighted by atomic mass is 10.0. The molecule has 17 heavy (non-hydrogen) atoms. The van der Waals surface area contributed by atoms with Gasteiger partial charge in [-0.3, -0.25) is 4.68 Å². The van der Waals surface area contributed by atoms with Crippen molar-refractivity contribution in [2.45, 2.75) is 12.5 Å². The maximum absolute atomic E-state index is 10.1. The third kappa shape index (κ3) is 3.09. The average Bonchev–Trinajstić information content (AvgIpc) is 2.68. The third-order valence-electron chi connectivity index (χ3n) is 2.52.